The van der Waals surface area contributed by atoms with Gasteiger partial charge in [0.1, 0.15) is 11.5 Å². The first-order valence-corrected chi connectivity index (χ1v) is 32.4. The van der Waals surface area contributed by atoms with Crippen molar-refractivity contribution in [2.75, 3.05) is 90.6 Å². The van der Waals surface area contributed by atoms with Crippen molar-refractivity contribution < 1.29 is 58.6 Å². The van der Waals surface area contributed by atoms with Crippen molar-refractivity contribution in [1.29, 1.82) is 0 Å². The van der Waals surface area contributed by atoms with Gasteiger partial charge in [-0.3, -0.25) is 9.59 Å². The van der Waals surface area contributed by atoms with E-state index < -0.39 is 48.2 Å². The number of hydrogen-bond donors (Lipinski definition) is 4. The van der Waals surface area contributed by atoms with Gasteiger partial charge in [-0.25, -0.2) is 9.59 Å². The predicted molar refractivity (Wildman–Crippen MR) is 338 cm³/mol. The first-order chi connectivity index (χ1) is 42.3. The van der Waals surface area contributed by atoms with Crippen LogP contribution in [-0.2, 0) is 63.5 Å². The number of aliphatic hydroxyl groups excluding tert-OH is 2. The van der Waals surface area contributed by atoms with Crippen molar-refractivity contribution >= 4 is 58.3 Å². The van der Waals surface area contributed by atoms with Crippen molar-refractivity contribution in [3.8, 4) is 11.5 Å². The van der Waals surface area contributed by atoms with E-state index in [2.05, 4.69) is 34.1 Å². The van der Waals surface area contributed by atoms with E-state index >= 15 is 0 Å². The van der Waals surface area contributed by atoms with E-state index in [-0.39, 0.29) is 46.3 Å². The second-order valence-corrected chi connectivity index (χ2v) is 27.3. The van der Waals surface area contributed by atoms with Gasteiger partial charge in [0.05, 0.1) is 63.9 Å². The lowest BCUT2D eigenvalue weighted by Crippen LogP contribution is -2.49. The summed E-state index contributed by atoms with van der Waals surface area (Å²) in [5.74, 6) is -0.337. The Kier molecular flexibility index (Phi) is 19.0. The van der Waals surface area contributed by atoms with Crippen LogP contribution in [0.4, 0.5) is 11.4 Å². The lowest BCUT2D eigenvalue weighted by molar-refractivity contribution is -0.168. The maximum absolute atomic E-state index is 13.3. The molecule has 0 aromatic heterocycles. The lowest BCUT2D eigenvalue weighted by Gasteiger charge is -2.45. The fourth-order valence-corrected chi connectivity index (χ4v) is 15.8. The van der Waals surface area contributed by atoms with Crippen LogP contribution >= 0.6 is 23.2 Å². The van der Waals surface area contributed by atoms with Crippen LogP contribution in [0.5, 0.6) is 11.5 Å². The molecule has 0 saturated heterocycles. The third-order valence-electron chi connectivity index (χ3n) is 20.9. The molecular weight excluding hydrogens is 1160 g/mol. The molecule has 4 aromatic rings. The van der Waals surface area contributed by atoms with E-state index in [1.165, 1.54) is 46.3 Å². The summed E-state index contributed by atoms with van der Waals surface area (Å²) in [6.45, 7) is 4.61. The number of benzene rings is 4. The van der Waals surface area contributed by atoms with Gasteiger partial charge < -0.3 is 59.0 Å². The van der Waals surface area contributed by atoms with Gasteiger partial charge in [-0.2, -0.15) is 0 Å². The van der Waals surface area contributed by atoms with E-state index in [4.69, 9.17) is 42.1 Å². The molecule has 472 valence electrons. The Balaban J connectivity index is 0.000000182. The van der Waals surface area contributed by atoms with Crippen LogP contribution in [0, 0.1) is 23.7 Å². The Bertz CT molecular complexity index is 3110. The third-order valence-corrected chi connectivity index (χ3v) is 21.3. The Morgan fingerprint density at radius 3 is 1.39 bits per heavy atom. The Morgan fingerprint density at radius 2 is 1.00 bits per heavy atom. The van der Waals surface area contributed by atoms with E-state index in [0.717, 1.165) is 85.6 Å². The summed E-state index contributed by atoms with van der Waals surface area (Å²) in [6.07, 6.45) is 18.5. The quantitative estimate of drug-likeness (QED) is 0.109. The van der Waals surface area contributed by atoms with Gasteiger partial charge in [-0.1, -0.05) is 71.8 Å². The second-order valence-electron chi connectivity index (χ2n) is 26.4. The summed E-state index contributed by atoms with van der Waals surface area (Å²) < 4.78 is 23.3. The molecule has 16 nitrogen and oxygen atoms in total. The van der Waals surface area contributed by atoms with Gasteiger partial charge >= 0.3 is 11.9 Å². The van der Waals surface area contributed by atoms with Crippen molar-refractivity contribution in [1.82, 2.24) is 9.80 Å². The number of esters is 2. The molecule has 4 bridgehead atoms. The predicted octanol–water partition coefficient (Wildman–Crippen LogP) is 9.52. The highest BCUT2D eigenvalue weighted by atomic mass is 35.5. The third kappa shape index (κ3) is 12.7. The first-order valence-electron chi connectivity index (χ1n) is 31.7. The SMILES string of the molecule is COC(=O)[C@@]1(O)CC(=O)N(C)CCC/C=C/[C@H](O)[C@@H]2CC[C@H]2CN2C[C@@]3(CCCc4cc(Cl)ccc43)COc3ccc1cc32.COC(=O)[C@]1(O)CC(=O)N(C)CCC/C=C/[C@H](O)[C@@H]2CC[C@H]2CN2C[C@@]3(CCCc4cc(Cl)ccc43)COc3ccc1cc32. The van der Waals surface area contributed by atoms with Crippen LogP contribution in [0.1, 0.15) is 123 Å². The molecule has 2 saturated carbocycles. The number of ether oxygens (including phenoxy) is 4. The molecule has 0 unspecified atom stereocenters. The Morgan fingerprint density at radius 1 is 0.580 bits per heavy atom. The smallest absolute Gasteiger partial charge is 0.343 e. The summed E-state index contributed by atoms with van der Waals surface area (Å²) in [7, 11) is 5.79. The van der Waals surface area contributed by atoms with Crippen LogP contribution in [0.3, 0.4) is 0 Å². The molecule has 12 rings (SSSR count). The molecule has 0 radical (unpaired) electrons. The lowest BCUT2D eigenvalue weighted by atomic mass is 9.68. The topological polar surface area (TPSA) is 199 Å². The maximum Gasteiger partial charge on any atom is 0.343 e. The van der Waals surface area contributed by atoms with Gasteiger partial charge in [-0.05, 0) is 195 Å². The normalized spacial score (nSPS) is 31.5. The number of nitrogens with zero attached hydrogens (tertiary/aromatic N) is 4. The Hall–Kier alpha value is -6.14. The number of hydrogen-bond acceptors (Lipinski definition) is 14. The van der Waals surface area contributed by atoms with Gasteiger partial charge in [-0.15, -0.1) is 0 Å². The fraction of sp³-hybridized carbons (Fsp3) is 0.543. The summed E-state index contributed by atoms with van der Waals surface area (Å²) >= 11 is 12.8. The van der Waals surface area contributed by atoms with Gasteiger partial charge in [0.25, 0.3) is 0 Å². The zero-order valence-electron chi connectivity index (χ0n) is 51.3. The number of allylic oxidation sites excluding steroid dienone is 2. The maximum atomic E-state index is 13.3. The molecule has 4 aromatic carbocycles. The summed E-state index contributed by atoms with van der Waals surface area (Å²) in [4.78, 5) is 60.6. The van der Waals surface area contributed by atoms with E-state index in [9.17, 15) is 39.6 Å². The minimum atomic E-state index is -2.16. The number of methoxy groups -OCH3 is 2. The number of aryl methyl sites for hydroxylation is 2. The van der Waals surface area contributed by atoms with E-state index in [1.54, 1.807) is 50.5 Å². The van der Waals surface area contributed by atoms with Crippen molar-refractivity contribution in [2.24, 2.45) is 23.7 Å². The number of aliphatic hydroxyl groups is 4. The van der Waals surface area contributed by atoms with Crippen LogP contribution in [-0.4, -0.2) is 147 Å². The molecule has 18 heteroatoms. The molecule has 4 aliphatic heterocycles. The summed E-state index contributed by atoms with van der Waals surface area (Å²) in [6, 6.07) is 22.9. The van der Waals surface area contributed by atoms with Crippen LogP contribution < -0.4 is 19.3 Å². The summed E-state index contributed by atoms with van der Waals surface area (Å²) in [5, 5.41) is 47.5. The fourth-order valence-electron chi connectivity index (χ4n) is 15.4. The Labute approximate surface area is 527 Å². The van der Waals surface area contributed by atoms with Crippen LogP contribution in [0.15, 0.2) is 97.1 Å². The number of anilines is 2. The number of halogens is 2. The minimum absolute atomic E-state index is 0.141. The standard InChI is InChI=1S/2C35H43ClN2O6/c2*1-37-16-5-3-4-8-30(39)27-12-9-24(27)20-38-21-34(15-6-7-23-17-26(36)11-13-28(23)34)22-44-31-14-10-25(18-29(31)38)35(42,19-32(37)40)33(41)43-2/h2*4,8,10-11,13-14,17-18,24,27,30,39,42H,3,5-7,9,12,15-16,19-22H2,1-2H3/b2*8-4+/t24-,27+,30-,34-,35+;24-,27+,30-,34-,35-/m00/s1. The van der Waals surface area contributed by atoms with Gasteiger partial charge in [0, 0.05) is 74.2 Å². The molecule has 2 fully saturated rings. The average Bonchev–Trinajstić information content (AvgIpc) is 1.70. The second kappa shape index (κ2) is 26.4. The molecular formula is C70H86Cl2N4O12. The first kappa shape index (κ1) is 63.4. The van der Waals surface area contributed by atoms with E-state index in [0.29, 0.717) is 101 Å². The van der Waals surface area contributed by atoms with Gasteiger partial charge in [0.15, 0.2) is 11.2 Å². The zero-order chi connectivity index (χ0) is 62.1. The molecule has 2 spiro atoms. The number of rotatable bonds is 2. The number of amides is 2. The highest BCUT2D eigenvalue weighted by Crippen LogP contribution is 2.50. The summed E-state index contributed by atoms with van der Waals surface area (Å²) in [5.41, 5.74) is 2.20. The van der Waals surface area contributed by atoms with Crippen molar-refractivity contribution in [3.63, 3.8) is 0 Å². The molecule has 10 atom stereocenters. The zero-order valence-corrected chi connectivity index (χ0v) is 52.8. The monoisotopic (exact) mass is 1240 g/mol. The number of carbonyl (C=O) groups excluding carboxylic acids is 4. The molecule has 88 heavy (non-hydrogen) atoms. The molecule has 4 N–H and O–H groups in total. The molecule has 4 heterocycles. The minimum Gasteiger partial charge on any atom is -0.490 e. The van der Waals surface area contributed by atoms with Gasteiger partial charge in [0.2, 0.25) is 11.8 Å². The average molecular weight is 1250 g/mol. The van der Waals surface area contributed by atoms with Crippen molar-refractivity contribution in [2.45, 2.75) is 137 Å². The van der Waals surface area contributed by atoms with Crippen molar-refractivity contribution in [3.05, 3.63) is 141 Å². The molecule has 4 aliphatic carbocycles. The largest absolute Gasteiger partial charge is 0.490 e. The van der Waals surface area contributed by atoms with Crippen LogP contribution in [0.25, 0.3) is 0 Å². The highest BCUT2D eigenvalue weighted by molar-refractivity contribution is 6.31. The molecule has 2 amide bonds. The number of fused-ring (bicyclic) bond motifs is 8. The van der Waals surface area contributed by atoms with Crippen LogP contribution in [0.2, 0.25) is 10.0 Å². The molecule has 8 aliphatic rings. The highest BCUT2D eigenvalue weighted by Gasteiger charge is 2.49. The number of carbonyl (C=O) groups is 4. The van der Waals surface area contributed by atoms with E-state index in [1.807, 2.05) is 36.4 Å².